The number of nitrogens with two attached hydrogens (primary N) is 18. The Hall–Kier alpha value is -6.16. The maximum absolute atomic E-state index is 6.57. The van der Waals surface area contributed by atoms with Crippen LogP contribution in [0.25, 0.3) is 21.5 Å². The molecule has 6 aromatic rings. The molecule has 131 heavy (non-hydrogen) atoms. The van der Waals surface area contributed by atoms with E-state index >= 15 is 0 Å². The van der Waals surface area contributed by atoms with Gasteiger partial charge in [0.1, 0.15) is 0 Å². The van der Waals surface area contributed by atoms with Crippen molar-refractivity contribution in [2.45, 2.75) is 364 Å². The van der Waals surface area contributed by atoms with E-state index in [-0.39, 0.29) is 59.2 Å². The van der Waals surface area contributed by atoms with Crippen molar-refractivity contribution in [2.24, 2.45) is 216 Å². The molecule has 34 unspecified atom stereocenters. The molecule has 0 aliphatic heterocycles. The molecule has 744 valence electrons. The Bertz CT molecular complexity index is 4160. The number of fused-ring (bicyclic) bond motifs is 6. The van der Waals surface area contributed by atoms with Gasteiger partial charge in [0.25, 0.3) is 0 Å². The zero-order valence-corrected chi connectivity index (χ0v) is 91.1. The Morgan fingerprint density at radius 2 is 0.397 bits per heavy atom. The first-order valence-corrected chi connectivity index (χ1v) is 50.9. The molecule has 18 nitrogen and oxygen atoms in total. The van der Waals surface area contributed by atoms with Crippen LogP contribution in [-0.4, -0.2) is 60.4 Å². The van der Waals surface area contributed by atoms with Gasteiger partial charge in [0.15, 0.2) is 0 Å². The molecule has 34 atom stereocenters. The highest BCUT2D eigenvalue weighted by Gasteiger charge is 2.66. The smallest absolute Gasteiger partial charge is 0.0586 e. The Morgan fingerprint density at radius 3 is 0.679 bits per heavy atom. The van der Waals surface area contributed by atoms with Crippen LogP contribution in [0.5, 0.6) is 0 Å². The van der Waals surface area contributed by atoms with Crippen LogP contribution in [-0.2, 0) is 0 Å². The minimum atomic E-state index is 0.177. The van der Waals surface area contributed by atoms with Crippen molar-refractivity contribution in [2.75, 3.05) is 45.9 Å². The molecule has 36 N–H and O–H groups in total. The first-order chi connectivity index (χ1) is 60.0. The SMILES string of the molecule is CC1C(C)C(C)C(N)C(N)C1C.CC1C(C)C(C)C2C(C)C(N)C(N)C(C)C2C1C.CC1C(C)C(N)C2C(N)C(C)C(C)C(C)C2C1C.CC1C(C)C2(C)CC1(C)C(N)C2N.CC1C(N)CC(N)C(C)C1C.Cc1c(C)c(C)c(N)c(N)c1C.Cc1c(C)c(C)c2c(C)c(N)c(N)c(C)c2c1C.Cc1c(C)c(N)c2c(N)c(C)c(C)c(C)c2c1C.Cc1c(N)cc(N)c(C)c1C. The van der Waals surface area contributed by atoms with Crippen LogP contribution in [0.4, 0.5) is 45.5 Å². The maximum atomic E-state index is 6.57. The van der Waals surface area contributed by atoms with Crippen LogP contribution in [0.1, 0.15) is 278 Å². The second-order valence-electron chi connectivity index (χ2n) is 46.4. The van der Waals surface area contributed by atoms with Crippen LogP contribution in [0.3, 0.4) is 0 Å². The topological polar surface area (TPSA) is 468 Å². The zero-order chi connectivity index (χ0) is 101. The van der Waals surface area contributed by atoms with E-state index in [9.17, 15) is 0 Å². The van der Waals surface area contributed by atoms with Crippen molar-refractivity contribution in [3.8, 4) is 0 Å². The average molecular weight is 1810 g/mol. The summed E-state index contributed by atoms with van der Waals surface area (Å²) in [7, 11) is 0. The zero-order valence-electron chi connectivity index (χ0n) is 91.1. The van der Waals surface area contributed by atoms with Crippen molar-refractivity contribution in [3.05, 3.63) is 112 Å². The minimum absolute atomic E-state index is 0.177. The van der Waals surface area contributed by atoms with Gasteiger partial charge in [0, 0.05) is 88.6 Å². The average Bonchev–Trinajstić information content (AvgIpc) is 1.54. The molecule has 8 aliphatic carbocycles. The molecule has 0 radical (unpaired) electrons. The number of aryl methyl sites for hydroxylation is 6. The summed E-state index contributed by atoms with van der Waals surface area (Å²) in [6, 6.07) is 4.14. The number of benzene rings is 6. The molecule has 6 aromatic carbocycles. The summed E-state index contributed by atoms with van der Waals surface area (Å²) in [6.45, 7) is 93.5. The standard InChI is InChI=1S/C16H32N2.C16H22N2.C16H32N2.C16H22N2.C11H22N2.C10H22N2.C10H16N2.C9H20N2.C9H14N2/c2*1-7-9(3)13-10(4)8(2)12(6)16(18)14(13)15(17)11(7)5;2*1-7-8(2)10(4)14-12(6)16(18)15(17)11(5)13(14)9(7)3;1-6-7(2)11(4)5-10(6,3)8(12)9(11)13;2*1-5-6(2)8(4)10(12)9(11)7(5)3;2*1-5-6(2)8(10)4-9(11)7(5)3/h7-16H,17-18H2,1-6H3;17-18H2,1-6H3;7-16H,17-18H2,1-6H3;17-18H2,1-6H3;6-9H,5,12-13H2,1-4H3;5-10H,11-12H2,1-4H3;11-12H2,1-4H3;5-9H,4,10-11H2,1-3H3;4H,10-11H2,1-3H3. The second-order valence-corrected chi connectivity index (χ2v) is 46.4. The number of nitrogen functional groups attached to an aromatic ring is 8. The molecule has 8 fully saturated rings. The molecular formula is C113H202N18. The summed E-state index contributed by atoms with van der Waals surface area (Å²) in [5, 5.41) is 4.83. The molecule has 0 amide bonds. The van der Waals surface area contributed by atoms with Crippen LogP contribution in [0, 0.1) is 290 Å². The summed E-state index contributed by atoms with van der Waals surface area (Å²) >= 11 is 0. The third-order valence-electron chi connectivity index (χ3n) is 41.5. The van der Waals surface area contributed by atoms with E-state index in [1.807, 2.05) is 40.7 Å². The molecule has 2 bridgehead atoms. The molecule has 8 saturated carbocycles. The Labute approximate surface area is 800 Å². The minimum Gasteiger partial charge on any atom is -0.398 e. The normalized spacial score (nSPS) is 37.8. The Kier molecular flexibility index (Phi) is 37.9. The van der Waals surface area contributed by atoms with Gasteiger partial charge >= 0.3 is 0 Å². The largest absolute Gasteiger partial charge is 0.398 e. The highest BCUT2D eigenvalue weighted by Crippen LogP contribution is 2.66. The van der Waals surface area contributed by atoms with Crippen molar-refractivity contribution in [1.29, 1.82) is 0 Å². The Balaban J connectivity index is 0.000000229. The predicted molar refractivity (Wildman–Crippen MR) is 578 cm³/mol. The lowest BCUT2D eigenvalue weighted by Gasteiger charge is -2.58. The quantitative estimate of drug-likeness (QED) is 0.0628. The molecule has 0 aromatic heterocycles. The third kappa shape index (κ3) is 21.0. The summed E-state index contributed by atoms with van der Waals surface area (Å²) in [5.41, 5.74) is 140. The van der Waals surface area contributed by atoms with Gasteiger partial charge in [-0.05, 0) is 431 Å². The fourth-order valence-electron chi connectivity index (χ4n) is 26.7. The predicted octanol–water partition coefficient (Wildman–Crippen LogP) is 20.5. The van der Waals surface area contributed by atoms with Crippen LogP contribution in [0.2, 0.25) is 0 Å². The van der Waals surface area contributed by atoms with Gasteiger partial charge in [-0.3, -0.25) is 0 Å². The van der Waals surface area contributed by atoms with Crippen molar-refractivity contribution < 1.29 is 0 Å². The van der Waals surface area contributed by atoms with Crippen LogP contribution < -0.4 is 103 Å². The van der Waals surface area contributed by atoms with E-state index in [2.05, 4.69) is 256 Å². The van der Waals surface area contributed by atoms with Crippen molar-refractivity contribution in [1.82, 2.24) is 0 Å². The Morgan fingerprint density at radius 1 is 0.198 bits per heavy atom. The van der Waals surface area contributed by atoms with E-state index in [0.717, 1.165) is 161 Å². The molecule has 8 aliphatic rings. The van der Waals surface area contributed by atoms with Gasteiger partial charge in [-0.2, -0.15) is 0 Å². The van der Waals surface area contributed by atoms with Gasteiger partial charge in [-0.25, -0.2) is 0 Å². The maximum Gasteiger partial charge on any atom is 0.0586 e. The lowest BCUT2D eigenvalue weighted by Crippen LogP contribution is -2.64. The molecule has 0 saturated heterocycles. The fourth-order valence-corrected chi connectivity index (χ4v) is 26.7. The van der Waals surface area contributed by atoms with Gasteiger partial charge < -0.3 is 103 Å². The van der Waals surface area contributed by atoms with E-state index in [1.54, 1.807) is 0 Å². The first-order valence-electron chi connectivity index (χ1n) is 50.9. The van der Waals surface area contributed by atoms with E-state index in [0.29, 0.717) is 101 Å². The number of anilines is 8. The fraction of sp³-hybridized carbons (Fsp3) is 0.717. The summed E-state index contributed by atoms with van der Waals surface area (Å²) in [5.74, 6) is 17.1. The second kappa shape index (κ2) is 43.7. The van der Waals surface area contributed by atoms with Gasteiger partial charge in [-0.15, -0.1) is 0 Å². The van der Waals surface area contributed by atoms with Gasteiger partial charge in [0.05, 0.1) is 22.7 Å². The summed E-state index contributed by atoms with van der Waals surface area (Å²) in [6.07, 6.45) is 2.21. The molecule has 0 spiro atoms. The molecular weight excluding hydrogens is 1610 g/mol. The van der Waals surface area contributed by atoms with Crippen molar-refractivity contribution in [3.63, 3.8) is 0 Å². The lowest BCUT2D eigenvalue weighted by molar-refractivity contribution is -0.0808. The van der Waals surface area contributed by atoms with E-state index in [4.69, 9.17) is 103 Å². The summed E-state index contributed by atoms with van der Waals surface area (Å²) < 4.78 is 0. The highest BCUT2D eigenvalue weighted by molar-refractivity contribution is 6.08. The van der Waals surface area contributed by atoms with E-state index < -0.39 is 0 Å². The van der Waals surface area contributed by atoms with Crippen molar-refractivity contribution >= 4 is 67.0 Å². The monoisotopic (exact) mass is 1810 g/mol. The number of hydrogen-bond donors (Lipinski definition) is 18. The molecule has 18 heteroatoms. The molecule has 0 heterocycles. The first kappa shape index (κ1) is 114. The highest BCUT2D eigenvalue weighted by atomic mass is 14.9. The van der Waals surface area contributed by atoms with Gasteiger partial charge in [-0.1, -0.05) is 159 Å². The van der Waals surface area contributed by atoms with Gasteiger partial charge in [0.2, 0.25) is 0 Å². The van der Waals surface area contributed by atoms with Crippen LogP contribution in [0.15, 0.2) is 6.07 Å². The lowest BCUT2D eigenvalue weighted by atomic mass is 9.48. The van der Waals surface area contributed by atoms with Crippen LogP contribution >= 0.6 is 0 Å². The molecule has 14 rings (SSSR count). The summed E-state index contributed by atoms with van der Waals surface area (Å²) in [4.78, 5) is 0. The third-order valence-corrected chi connectivity index (χ3v) is 41.5. The van der Waals surface area contributed by atoms with E-state index in [1.165, 1.54) is 83.8 Å². The number of hydrogen-bond acceptors (Lipinski definition) is 18. The number of rotatable bonds is 0.